The molecule has 0 spiro atoms. The summed E-state index contributed by atoms with van der Waals surface area (Å²) in [5, 5.41) is 0. The molecule has 0 radical (unpaired) electrons. The van der Waals surface area contributed by atoms with Crippen molar-refractivity contribution in [1.82, 2.24) is 0 Å². The van der Waals surface area contributed by atoms with Crippen LogP contribution in [0.1, 0.15) is 27.2 Å². The van der Waals surface area contributed by atoms with Crippen molar-refractivity contribution in [3.05, 3.63) is 30.3 Å². The highest BCUT2D eigenvalue weighted by atomic mass is 28.4. The Morgan fingerprint density at radius 2 is 1.74 bits per heavy atom. The fraction of sp³-hybridized carbons (Fsp3) is 0.667. The molecule has 1 unspecified atom stereocenters. The van der Waals surface area contributed by atoms with Crippen LogP contribution in [0.2, 0.25) is 25.7 Å². The molecular weight excluding hydrogens is 318 g/mol. The maximum atomic E-state index is 6.17. The van der Waals surface area contributed by atoms with E-state index in [0.29, 0.717) is 0 Å². The average Bonchev–Trinajstić information content (AvgIpc) is 2.49. The lowest BCUT2D eigenvalue weighted by Gasteiger charge is -2.38. The highest BCUT2D eigenvalue weighted by Gasteiger charge is 2.31. The molecule has 0 N–H and O–H groups in total. The fourth-order valence-electron chi connectivity index (χ4n) is 2.59. The molecular formula is C18H35NO2Si2. The van der Waals surface area contributed by atoms with Crippen molar-refractivity contribution in [3.63, 3.8) is 0 Å². The van der Waals surface area contributed by atoms with Gasteiger partial charge in [0.15, 0.2) is 0 Å². The summed E-state index contributed by atoms with van der Waals surface area (Å²) in [6.45, 7) is 14.7. The molecule has 0 saturated heterocycles. The van der Waals surface area contributed by atoms with Crippen LogP contribution in [0.3, 0.4) is 0 Å². The Hall–Kier alpha value is -0.626. The molecule has 23 heavy (non-hydrogen) atoms. The van der Waals surface area contributed by atoms with Gasteiger partial charge in [-0.15, -0.1) is 0 Å². The van der Waals surface area contributed by atoms with E-state index in [9.17, 15) is 0 Å². The number of hydrogen-bond donors (Lipinski definition) is 0. The van der Waals surface area contributed by atoms with E-state index in [0.717, 1.165) is 25.2 Å². The normalized spacial score (nSPS) is 14.8. The first kappa shape index (κ1) is 20.4. The standard InChI is InChI=1S/C18H35NO2Si2/c1-18(2,3)19(17-12-9-8-10-13-17)14-11-15-23(7,20-4)21-16-22(5)6/h8-10,12-13,22H,11,14-16H2,1-7H3. The van der Waals surface area contributed by atoms with Crippen molar-refractivity contribution >= 4 is 23.0 Å². The molecule has 0 amide bonds. The van der Waals surface area contributed by atoms with E-state index in [1.807, 2.05) is 7.11 Å². The van der Waals surface area contributed by atoms with E-state index < -0.39 is 17.4 Å². The van der Waals surface area contributed by atoms with Crippen LogP contribution in [-0.2, 0) is 8.85 Å². The molecule has 0 fully saturated rings. The highest BCUT2D eigenvalue weighted by molar-refractivity contribution is 6.67. The third kappa shape index (κ3) is 7.20. The summed E-state index contributed by atoms with van der Waals surface area (Å²) in [6, 6.07) is 11.7. The molecule has 1 atom stereocenters. The van der Waals surface area contributed by atoms with Gasteiger partial charge >= 0.3 is 8.56 Å². The van der Waals surface area contributed by atoms with Gasteiger partial charge < -0.3 is 13.8 Å². The molecule has 0 heterocycles. The summed E-state index contributed by atoms with van der Waals surface area (Å²) in [4.78, 5) is 2.48. The maximum Gasteiger partial charge on any atom is 0.334 e. The third-order valence-corrected chi connectivity index (χ3v) is 8.11. The molecule has 3 nitrogen and oxygen atoms in total. The van der Waals surface area contributed by atoms with Gasteiger partial charge in [0.25, 0.3) is 0 Å². The molecule has 0 bridgehead atoms. The smallest absolute Gasteiger partial charge is 0.334 e. The SMILES string of the molecule is CO[Si](C)(CCCN(c1ccccc1)C(C)(C)C)OC[SiH](C)C. The molecule has 0 aliphatic rings. The van der Waals surface area contributed by atoms with Crippen molar-refractivity contribution in [3.8, 4) is 0 Å². The van der Waals surface area contributed by atoms with Crippen LogP contribution in [0, 0.1) is 0 Å². The van der Waals surface area contributed by atoms with Gasteiger partial charge in [-0.25, -0.2) is 0 Å². The van der Waals surface area contributed by atoms with Crippen molar-refractivity contribution < 1.29 is 8.85 Å². The van der Waals surface area contributed by atoms with Crippen LogP contribution in [0.25, 0.3) is 0 Å². The number of rotatable bonds is 9. The number of anilines is 1. The number of benzene rings is 1. The number of hydrogen-bond acceptors (Lipinski definition) is 3. The second-order valence-electron chi connectivity index (χ2n) is 7.80. The van der Waals surface area contributed by atoms with Crippen LogP contribution in [0.5, 0.6) is 0 Å². The van der Waals surface area contributed by atoms with E-state index in [4.69, 9.17) is 8.85 Å². The van der Waals surface area contributed by atoms with Gasteiger partial charge in [-0.05, 0) is 51.9 Å². The lowest BCUT2D eigenvalue weighted by molar-refractivity contribution is 0.234. The van der Waals surface area contributed by atoms with Crippen LogP contribution in [0.15, 0.2) is 30.3 Å². The van der Waals surface area contributed by atoms with Crippen molar-refractivity contribution in [2.75, 3.05) is 24.8 Å². The molecule has 1 aromatic rings. The Kier molecular flexibility index (Phi) is 8.00. The van der Waals surface area contributed by atoms with E-state index in [1.54, 1.807) is 0 Å². The summed E-state index contributed by atoms with van der Waals surface area (Å²) in [5.41, 5.74) is 1.40. The van der Waals surface area contributed by atoms with E-state index in [1.165, 1.54) is 5.69 Å². The second kappa shape index (κ2) is 9.01. The first-order chi connectivity index (χ1) is 10.7. The topological polar surface area (TPSA) is 21.7 Å². The van der Waals surface area contributed by atoms with Gasteiger partial charge in [0.05, 0.1) is 8.80 Å². The van der Waals surface area contributed by atoms with Gasteiger partial charge in [-0.2, -0.15) is 0 Å². The van der Waals surface area contributed by atoms with Crippen molar-refractivity contribution in [2.24, 2.45) is 0 Å². The van der Waals surface area contributed by atoms with Gasteiger partial charge in [0.2, 0.25) is 0 Å². The van der Waals surface area contributed by atoms with Crippen LogP contribution < -0.4 is 4.90 Å². The first-order valence-corrected chi connectivity index (χ1v) is 14.3. The minimum atomic E-state index is -2.00. The monoisotopic (exact) mass is 353 g/mol. The molecule has 0 aromatic heterocycles. The molecule has 0 saturated carbocycles. The lowest BCUT2D eigenvalue weighted by Crippen LogP contribution is -2.44. The molecule has 0 aliphatic carbocycles. The molecule has 5 heteroatoms. The zero-order valence-corrected chi connectivity index (χ0v) is 18.2. The largest absolute Gasteiger partial charge is 0.398 e. The average molecular weight is 354 g/mol. The predicted molar refractivity (Wildman–Crippen MR) is 106 cm³/mol. The Morgan fingerprint density at radius 3 is 2.22 bits per heavy atom. The van der Waals surface area contributed by atoms with Crippen molar-refractivity contribution in [2.45, 2.75) is 58.4 Å². The number of para-hydroxylation sites is 1. The van der Waals surface area contributed by atoms with E-state index in [2.05, 4.69) is 75.6 Å². The third-order valence-electron chi connectivity index (χ3n) is 4.04. The lowest BCUT2D eigenvalue weighted by atomic mass is 10.0. The Balaban J connectivity index is 2.65. The highest BCUT2D eigenvalue weighted by Crippen LogP contribution is 2.25. The molecule has 1 aromatic carbocycles. The van der Waals surface area contributed by atoms with Crippen LogP contribution in [-0.4, -0.2) is 42.8 Å². The number of nitrogens with zero attached hydrogens (tertiary/aromatic N) is 1. The summed E-state index contributed by atoms with van der Waals surface area (Å²) in [6.07, 6.45) is 2.03. The van der Waals surface area contributed by atoms with Gasteiger partial charge in [0.1, 0.15) is 0 Å². The summed E-state index contributed by atoms with van der Waals surface area (Å²) < 4.78 is 12.0. The Morgan fingerprint density at radius 1 is 1.13 bits per heavy atom. The minimum absolute atomic E-state index is 0.109. The second-order valence-corrected chi connectivity index (χ2v) is 14.4. The predicted octanol–water partition coefficient (Wildman–Crippen LogP) is 4.44. The maximum absolute atomic E-state index is 6.17. The first-order valence-electron chi connectivity index (χ1n) is 8.70. The van der Waals surface area contributed by atoms with Gasteiger partial charge in [-0.3, -0.25) is 0 Å². The zero-order chi connectivity index (χ0) is 17.5. The minimum Gasteiger partial charge on any atom is -0.398 e. The Labute approximate surface area is 145 Å². The van der Waals surface area contributed by atoms with E-state index in [-0.39, 0.29) is 5.54 Å². The van der Waals surface area contributed by atoms with Gasteiger partial charge in [-0.1, -0.05) is 31.3 Å². The summed E-state index contributed by atoms with van der Waals surface area (Å²) in [5.74, 6) is 0. The zero-order valence-electron chi connectivity index (χ0n) is 16.1. The summed E-state index contributed by atoms with van der Waals surface area (Å²) in [7, 11) is -0.885. The van der Waals surface area contributed by atoms with Crippen molar-refractivity contribution in [1.29, 1.82) is 0 Å². The summed E-state index contributed by atoms with van der Waals surface area (Å²) >= 11 is 0. The Bertz CT molecular complexity index is 448. The molecule has 132 valence electrons. The van der Waals surface area contributed by atoms with Gasteiger partial charge in [0, 0.05) is 31.1 Å². The fourth-order valence-corrected chi connectivity index (χ4v) is 6.60. The quantitative estimate of drug-likeness (QED) is 0.613. The van der Waals surface area contributed by atoms with Crippen LogP contribution >= 0.6 is 0 Å². The molecule has 0 aliphatic heterocycles. The molecule has 1 rings (SSSR count). The van der Waals surface area contributed by atoms with E-state index >= 15 is 0 Å². The van der Waals surface area contributed by atoms with Crippen LogP contribution in [0.4, 0.5) is 5.69 Å².